The van der Waals surface area contributed by atoms with E-state index in [0.717, 1.165) is 5.56 Å². The first-order chi connectivity index (χ1) is 8.25. The second-order valence-electron chi connectivity index (χ2n) is 3.36. The second kappa shape index (κ2) is 5.02. The number of carbonyl (C=O) groups is 1. The maximum absolute atomic E-state index is 10.5. The van der Waals surface area contributed by atoms with Gasteiger partial charge in [-0.05, 0) is 0 Å². The average Bonchev–Trinajstić information content (AvgIpc) is 2.83. The maximum atomic E-state index is 10.5. The molecule has 1 amide bonds. The van der Waals surface area contributed by atoms with Crippen molar-refractivity contribution in [2.24, 2.45) is 5.73 Å². The largest absolute Gasteiger partial charge is 0.369 e. The van der Waals surface area contributed by atoms with Gasteiger partial charge in [0.1, 0.15) is 6.33 Å². The van der Waals surface area contributed by atoms with Crippen LogP contribution in [-0.2, 0) is 4.79 Å². The summed E-state index contributed by atoms with van der Waals surface area (Å²) in [6.07, 6.45) is 12.0. The molecule has 6 nitrogen and oxygen atoms in total. The Bertz CT molecular complexity index is 515. The van der Waals surface area contributed by atoms with Gasteiger partial charge in [-0.1, -0.05) is 12.2 Å². The number of nitrogens with zero attached hydrogens (tertiary/aromatic N) is 4. The lowest BCUT2D eigenvalue weighted by Crippen LogP contribution is -2.07. The highest BCUT2D eigenvalue weighted by molar-refractivity contribution is 5.76. The molecule has 0 fully saturated rings. The molecule has 0 radical (unpaired) electrons. The molecule has 86 valence electrons. The van der Waals surface area contributed by atoms with Crippen LogP contribution in [0.1, 0.15) is 12.0 Å². The van der Waals surface area contributed by atoms with E-state index in [0.29, 0.717) is 5.95 Å². The minimum atomic E-state index is -0.364. The van der Waals surface area contributed by atoms with Crippen LogP contribution < -0.4 is 5.73 Å². The van der Waals surface area contributed by atoms with Crippen LogP contribution in [0.5, 0.6) is 0 Å². The van der Waals surface area contributed by atoms with Crippen molar-refractivity contribution in [3.8, 4) is 5.95 Å². The van der Waals surface area contributed by atoms with Crippen molar-refractivity contribution in [2.45, 2.75) is 6.42 Å². The predicted molar refractivity (Wildman–Crippen MR) is 62.0 cm³/mol. The first-order valence-corrected chi connectivity index (χ1v) is 5.01. The number of rotatable bonds is 4. The summed E-state index contributed by atoms with van der Waals surface area (Å²) in [6, 6.07) is 0. The number of hydrogen-bond donors (Lipinski definition) is 1. The van der Waals surface area contributed by atoms with Crippen LogP contribution in [-0.4, -0.2) is 25.4 Å². The van der Waals surface area contributed by atoms with E-state index in [1.807, 2.05) is 0 Å². The zero-order valence-electron chi connectivity index (χ0n) is 9.02. The number of carbonyl (C=O) groups excluding carboxylic acids is 1. The number of aromatic nitrogens is 4. The topological polar surface area (TPSA) is 86.7 Å². The van der Waals surface area contributed by atoms with Crippen molar-refractivity contribution < 1.29 is 4.79 Å². The number of hydrogen-bond acceptors (Lipinski definition) is 4. The van der Waals surface area contributed by atoms with Crippen LogP contribution in [0, 0.1) is 0 Å². The number of primary amides is 1. The summed E-state index contributed by atoms with van der Waals surface area (Å²) >= 11 is 0. The van der Waals surface area contributed by atoms with Crippen molar-refractivity contribution in [1.29, 1.82) is 0 Å². The molecule has 0 spiro atoms. The summed E-state index contributed by atoms with van der Waals surface area (Å²) in [7, 11) is 0. The zero-order chi connectivity index (χ0) is 12.1. The highest BCUT2D eigenvalue weighted by Crippen LogP contribution is 2.03. The van der Waals surface area contributed by atoms with Crippen LogP contribution in [0.15, 0.2) is 37.2 Å². The van der Waals surface area contributed by atoms with Gasteiger partial charge in [-0.3, -0.25) is 9.36 Å². The Hall–Kier alpha value is -2.50. The number of nitrogens with two attached hydrogens (primary N) is 1. The zero-order valence-corrected chi connectivity index (χ0v) is 9.02. The van der Waals surface area contributed by atoms with Gasteiger partial charge in [0.05, 0.1) is 0 Å². The summed E-state index contributed by atoms with van der Waals surface area (Å²) in [6.45, 7) is 0. The van der Waals surface area contributed by atoms with Gasteiger partial charge >= 0.3 is 0 Å². The molecule has 2 aromatic heterocycles. The maximum Gasteiger partial charge on any atom is 0.234 e. The van der Waals surface area contributed by atoms with E-state index >= 15 is 0 Å². The lowest BCUT2D eigenvalue weighted by Gasteiger charge is -1.99. The molecule has 2 rings (SSSR count). The van der Waals surface area contributed by atoms with Gasteiger partial charge in [0, 0.05) is 36.8 Å². The molecule has 0 aliphatic carbocycles. The summed E-state index contributed by atoms with van der Waals surface area (Å²) < 4.78 is 1.71. The molecule has 0 aliphatic heterocycles. The fourth-order valence-corrected chi connectivity index (χ4v) is 1.24. The summed E-state index contributed by atoms with van der Waals surface area (Å²) in [5.41, 5.74) is 5.83. The first kappa shape index (κ1) is 11.0. The van der Waals surface area contributed by atoms with Crippen LogP contribution in [0.3, 0.4) is 0 Å². The third-order valence-corrected chi connectivity index (χ3v) is 2.02. The SMILES string of the molecule is NC(=O)CC=Cc1cnc(-n2ccnc2)nc1. The molecule has 6 heteroatoms. The molecule has 17 heavy (non-hydrogen) atoms. The average molecular weight is 229 g/mol. The fourth-order valence-electron chi connectivity index (χ4n) is 1.24. The molecule has 2 heterocycles. The van der Waals surface area contributed by atoms with Gasteiger partial charge in [-0.2, -0.15) is 0 Å². The Labute approximate surface area is 97.8 Å². The molecule has 0 atom stereocenters. The van der Waals surface area contributed by atoms with Crippen LogP contribution >= 0.6 is 0 Å². The van der Waals surface area contributed by atoms with Gasteiger partial charge in [0.2, 0.25) is 11.9 Å². The second-order valence-corrected chi connectivity index (χ2v) is 3.36. The Morgan fingerprint density at radius 3 is 2.76 bits per heavy atom. The molecule has 0 unspecified atom stereocenters. The predicted octanol–water partition coefficient (Wildman–Crippen LogP) is 0.551. The Morgan fingerprint density at radius 1 is 1.41 bits per heavy atom. The molecular weight excluding hydrogens is 218 g/mol. The van der Waals surface area contributed by atoms with Crippen molar-refractivity contribution >= 4 is 12.0 Å². The van der Waals surface area contributed by atoms with E-state index in [9.17, 15) is 4.79 Å². The van der Waals surface area contributed by atoms with Gasteiger partial charge in [-0.15, -0.1) is 0 Å². The Kier molecular flexibility index (Phi) is 3.25. The van der Waals surface area contributed by atoms with Crippen molar-refractivity contribution in [3.05, 3.63) is 42.8 Å². The van der Waals surface area contributed by atoms with Crippen molar-refractivity contribution in [3.63, 3.8) is 0 Å². The van der Waals surface area contributed by atoms with E-state index < -0.39 is 0 Å². The van der Waals surface area contributed by atoms with Crippen molar-refractivity contribution in [1.82, 2.24) is 19.5 Å². The smallest absolute Gasteiger partial charge is 0.234 e. The van der Waals surface area contributed by atoms with Gasteiger partial charge in [0.15, 0.2) is 0 Å². The third-order valence-electron chi connectivity index (χ3n) is 2.02. The molecule has 2 N–H and O–H groups in total. The van der Waals surface area contributed by atoms with Crippen LogP contribution in [0.2, 0.25) is 0 Å². The van der Waals surface area contributed by atoms with E-state index in [4.69, 9.17) is 5.73 Å². The van der Waals surface area contributed by atoms with Crippen LogP contribution in [0.25, 0.3) is 12.0 Å². The van der Waals surface area contributed by atoms with Gasteiger partial charge in [-0.25, -0.2) is 15.0 Å². The summed E-state index contributed by atoms with van der Waals surface area (Å²) in [4.78, 5) is 22.8. The van der Waals surface area contributed by atoms with E-state index in [-0.39, 0.29) is 12.3 Å². The molecule has 0 saturated heterocycles. The molecule has 0 bridgehead atoms. The highest BCUT2D eigenvalue weighted by Gasteiger charge is 1.97. The molecule has 2 aromatic rings. The standard InChI is InChI=1S/C11H11N5O/c12-10(17)3-1-2-9-6-14-11(15-7-9)16-5-4-13-8-16/h1-2,4-8H,3H2,(H2,12,17). The normalized spacial score (nSPS) is 10.8. The minimum Gasteiger partial charge on any atom is -0.369 e. The quantitative estimate of drug-likeness (QED) is 0.829. The lowest BCUT2D eigenvalue weighted by atomic mass is 10.3. The number of imidazole rings is 1. The van der Waals surface area contributed by atoms with E-state index in [1.54, 1.807) is 47.8 Å². The monoisotopic (exact) mass is 229 g/mol. The molecule has 0 aromatic carbocycles. The minimum absolute atomic E-state index is 0.212. The summed E-state index contributed by atoms with van der Waals surface area (Å²) in [5.74, 6) is 0.187. The summed E-state index contributed by atoms with van der Waals surface area (Å²) in [5, 5.41) is 0. The van der Waals surface area contributed by atoms with Crippen LogP contribution in [0.4, 0.5) is 0 Å². The van der Waals surface area contributed by atoms with E-state index in [1.165, 1.54) is 0 Å². The lowest BCUT2D eigenvalue weighted by molar-refractivity contribution is -0.117. The Balaban J connectivity index is 2.08. The van der Waals surface area contributed by atoms with E-state index in [2.05, 4.69) is 15.0 Å². The highest BCUT2D eigenvalue weighted by atomic mass is 16.1. The number of amides is 1. The Morgan fingerprint density at radius 2 is 2.18 bits per heavy atom. The van der Waals surface area contributed by atoms with Gasteiger partial charge in [0.25, 0.3) is 0 Å². The molecular formula is C11H11N5O. The third kappa shape index (κ3) is 2.97. The first-order valence-electron chi connectivity index (χ1n) is 5.01. The molecule has 0 saturated carbocycles. The van der Waals surface area contributed by atoms with Crippen molar-refractivity contribution in [2.75, 3.05) is 0 Å². The van der Waals surface area contributed by atoms with Gasteiger partial charge < -0.3 is 5.73 Å². The molecule has 0 aliphatic rings. The fraction of sp³-hybridized carbons (Fsp3) is 0.0909.